The molecule has 0 aliphatic heterocycles. The number of nitrogens with zero attached hydrogens (tertiary/aromatic N) is 1. The average molecular weight is 315 g/mol. The molecule has 0 saturated heterocycles. The molecule has 1 rings (SSSR count). The fraction of sp³-hybridized carbons (Fsp3) is 0.533. The maximum absolute atomic E-state index is 12.5. The fourth-order valence-electron chi connectivity index (χ4n) is 1.96. The minimum atomic E-state index is -0.713. The van der Waals surface area contributed by atoms with Gasteiger partial charge in [0, 0.05) is 38.0 Å². The van der Waals surface area contributed by atoms with Gasteiger partial charge in [0.25, 0.3) is 5.91 Å². The van der Waals surface area contributed by atoms with Crippen LogP contribution in [0.1, 0.15) is 23.7 Å². The van der Waals surface area contributed by atoms with Gasteiger partial charge >= 0.3 is 0 Å². The predicted molar refractivity (Wildman–Crippen MR) is 85.1 cm³/mol. The van der Waals surface area contributed by atoms with Crippen LogP contribution in [0.4, 0.5) is 5.69 Å². The Morgan fingerprint density at radius 2 is 2.24 bits per heavy atom. The molecule has 0 aliphatic carbocycles. The summed E-state index contributed by atoms with van der Waals surface area (Å²) >= 11 is 5.99. The number of aliphatic hydroxyl groups excluding tert-OH is 1. The molecule has 0 bridgehead atoms. The monoisotopic (exact) mass is 314 g/mol. The summed E-state index contributed by atoms with van der Waals surface area (Å²) in [5.74, 6) is -0.189. The molecule has 0 heterocycles. The first-order valence-electron chi connectivity index (χ1n) is 6.95. The van der Waals surface area contributed by atoms with Gasteiger partial charge in [0.15, 0.2) is 0 Å². The second kappa shape index (κ2) is 8.87. The Morgan fingerprint density at radius 1 is 1.52 bits per heavy atom. The number of carbonyl (C=O) groups excluding carboxylic acids is 1. The minimum Gasteiger partial charge on any atom is -0.389 e. The molecule has 118 valence electrons. The molecule has 1 amide bonds. The second-order valence-electron chi connectivity index (χ2n) is 4.91. The summed E-state index contributed by atoms with van der Waals surface area (Å²) in [6.07, 6.45) is 0.244. The van der Waals surface area contributed by atoms with E-state index in [4.69, 9.17) is 16.3 Å². The largest absolute Gasteiger partial charge is 0.389 e. The minimum absolute atomic E-state index is 0.189. The zero-order valence-electron chi connectivity index (χ0n) is 12.7. The number of benzene rings is 1. The van der Waals surface area contributed by atoms with Gasteiger partial charge in [-0.25, -0.2) is 0 Å². The van der Waals surface area contributed by atoms with Gasteiger partial charge in [-0.3, -0.25) is 4.79 Å². The molecule has 0 aromatic heterocycles. The maximum atomic E-state index is 12.5. The number of amides is 1. The standard InChI is InChI=1S/C15H23ClN2O3/c1-4-7-17-14-6-5-11(16)8-13(14)15(20)18(2)9-12(19)10-21-3/h5-6,8,12,17,19H,4,7,9-10H2,1-3H3. The van der Waals surface area contributed by atoms with Gasteiger partial charge in [0.2, 0.25) is 0 Å². The second-order valence-corrected chi connectivity index (χ2v) is 5.35. The van der Waals surface area contributed by atoms with Gasteiger partial charge in [0.1, 0.15) is 0 Å². The first-order valence-corrected chi connectivity index (χ1v) is 7.33. The van der Waals surface area contributed by atoms with E-state index >= 15 is 0 Å². The fourth-order valence-corrected chi connectivity index (χ4v) is 2.13. The van der Waals surface area contributed by atoms with Crippen LogP contribution in [0.3, 0.4) is 0 Å². The van der Waals surface area contributed by atoms with Crippen molar-refractivity contribution in [2.75, 3.05) is 39.2 Å². The van der Waals surface area contributed by atoms with Crippen LogP contribution < -0.4 is 5.32 Å². The quantitative estimate of drug-likeness (QED) is 0.772. The van der Waals surface area contributed by atoms with Crippen molar-refractivity contribution in [2.24, 2.45) is 0 Å². The average Bonchev–Trinajstić information content (AvgIpc) is 2.45. The lowest BCUT2D eigenvalue weighted by atomic mass is 10.1. The van der Waals surface area contributed by atoms with Gasteiger partial charge in [-0.1, -0.05) is 18.5 Å². The Hall–Kier alpha value is -1.30. The highest BCUT2D eigenvalue weighted by molar-refractivity contribution is 6.31. The number of ether oxygens (including phenoxy) is 1. The Morgan fingerprint density at radius 3 is 2.86 bits per heavy atom. The highest BCUT2D eigenvalue weighted by Gasteiger charge is 2.18. The Balaban J connectivity index is 2.86. The van der Waals surface area contributed by atoms with Gasteiger partial charge < -0.3 is 20.1 Å². The summed E-state index contributed by atoms with van der Waals surface area (Å²) in [5.41, 5.74) is 1.25. The summed E-state index contributed by atoms with van der Waals surface area (Å²) in [5, 5.41) is 13.4. The molecule has 1 aromatic carbocycles. The number of aliphatic hydroxyl groups is 1. The van der Waals surface area contributed by atoms with Crippen LogP contribution in [-0.4, -0.2) is 55.9 Å². The molecule has 2 N–H and O–H groups in total. The lowest BCUT2D eigenvalue weighted by Gasteiger charge is -2.22. The molecule has 0 fully saturated rings. The van der Waals surface area contributed by atoms with Crippen LogP contribution >= 0.6 is 11.6 Å². The number of hydrogen-bond donors (Lipinski definition) is 2. The first-order chi connectivity index (χ1) is 9.99. The highest BCUT2D eigenvalue weighted by Crippen LogP contribution is 2.22. The van der Waals surface area contributed by atoms with E-state index in [1.54, 1.807) is 25.2 Å². The van der Waals surface area contributed by atoms with E-state index in [-0.39, 0.29) is 19.1 Å². The van der Waals surface area contributed by atoms with Crippen LogP contribution in [0.25, 0.3) is 0 Å². The summed E-state index contributed by atoms with van der Waals surface area (Å²) in [4.78, 5) is 14.0. The van der Waals surface area contributed by atoms with Gasteiger partial charge in [-0.15, -0.1) is 0 Å². The highest BCUT2D eigenvalue weighted by atomic mass is 35.5. The van der Waals surface area contributed by atoms with Crippen molar-refractivity contribution < 1.29 is 14.6 Å². The molecule has 1 unspecified atom stereocenters. The van der Waals surface area contributed by atoms with Crippen molar-refractivity contribution in [3.8, 4) is 0 Å². The van der Waals surface area contributed by atoms with Gasteiger partial charge in [-0.2, -0.15) is 0 Å². The number of methoxy groups -OCH3 is 1. The SMILES string of the molecule is CCCNc1ccc(Cl)cc1C(=O)N(C)CC(O)COC. The zero-order chi connectivity index (χ0) is 15.8. The third-order valence-electron chi connectivity index (χ3n) is 2.97. The number of rotatable bonds is 8. The third kappa shape index (κ3) is 5.53. The van der Waals surface area contributed by atoms with E-state index in [2.05, 4.69) is 12.2 Å². The van der Waals surface area contributed by atoms with Crippen LogP contribution in [0.2, 0.25) is 5.02 Å². The van der Waals surface area contributed by atoms with Crippen molar-refractivity contribution in [3.05, 3.63) is 28.8 Å². The van der Waals surface area contributed by atoms with Gasteiger partial charge in [0.05, 0.1) is 18.3 Å². The maximum Gasteiger partial charge on any atom is 0.255 e. The predicted octanol–water partition coefficient (Wildman–Crippen LogP) is 2.24. The van der Waals surface area contributed by atoms with Crippen molar-refractivity contribution in [1.29, 1.82) is 0 Å². The van der Waals surface area contributed by atoms with Crippen molar-refractivity contribution in [2.45, 2.75) is 19.4 Å². The Labute approximate surface area is 130 Å². The number of likely N-dealkylation sites (N-methyl/N-ethyl adjacent to an activating group) is 1. The lowest BCUT2D eigenvalue weighted by molar-refractivity contribution is 0.0380. The normalized spacial score (nSPS) is 12.0. The summed E-state index contributed by atoms with van der Waals surface area (Å²) < 4.78 is 4.86. The first kappa shape index (κ1) is 17.8. The van der Waals surface area contributed by atoms with Crippen LogP contribution in [-0.2, 0) is 4.74 Å². The van der Waals surface area contributed by atoms with Gasteiger partial charge in [-0.05, 0) is 24.6 Å². The van der Waals surface area contributed by atoms with E-state index in [1.807, 2.05) is 0 Å². The number of anilines is 1. The molecule has 6 heteroatoms. The van der Waals surface area contributed by atoms with Crippen LogP contribution in [0.5, 0.6) is 0 Å². The zero-order valence-corrected chi connectivity index (χ0v) is 13.5. The summed E-state index contributed by atoms with van der Waals surface area (Å²) in [7, 11) is 3.15. The Bertz CT molecular complexity index is 468. The smallest absolute Gasteiger partial charge is 0.255 e. The van der Waals surface area contributed by atoms with E-state index in [1.165, 1.54) is 12.0 Å². The molecule has 21 heavy (non-hydrogen) atoms. The molecule has 1 atom stereocenters. The number of carbonyl (C=O) groups is 1. The molecule has 0 aliphatic rings. The molecular weight excluding hydrogens is 292 g/mol. The third-order valence-corrected chi connectivity index (χ3v) is 3.20. The van der Waals surface area contributed by atoms with E-state index in [0.717, 1.165) is 18.7 Å². The van der Waals surface area contributed by atoms with E-state index in [9.17, 15) is 9.90 Å². The van der Waals surface area contributed by atoms with E-state index < -0.39 is 6.10 Å². The Kier molecular flexibility index (Phi) is 7.50. The molecular formula is C15H23ClN2O3. The number of hydrogen-bond acceptors (Lipinski definition) is 4. The molecule has 0 radical (unpaired) electrons. The number of halogens is 1. The number of nitrogens with one attached hydrogen (secondary N) is 1. The molecule has 0 saturated carbocycles. The van der Waals surface area contributed by atoms with E-state index in [0.29, 0.717) is 10.6 Å². The topological polar surface area (TPSA) is 61.8 Å². The molecule has 1 aromatic rings. The lowest BCUT2D eigenvalue weighted by Crippen LogP contribution is -2.36. The summed E-state index contributed by atoms with van der Waals surface area (Å²) in [6, 6.07) is 5.18. The van der Waals surface area contributed by atoms with Crippen molar-refractivity contribution in [3.63, 3.8) is 0 Å². The molecule has 5 nitrogen and oxygen atoms in total. The van der Waals surface area contributed by atoms with Crippen molar-refractivity contribution >= 4 is 23.2 Å². The summed E-state index contributed by atoms with van der Waals surface area (Å²) in [6.45, 7) is 3.22. The van der Waals surface area contributed by atoms with Crippen LogP contribution in [0, 0.1) is 0 Å². The molecule has 0 spiro atoms. The van der Waals surface area contributed by atoms with Crippen LogP contribution in [0.15, 0.2) is 18.2 Å². The van der Waals surface area contributed by atoms with Crippen molar-refractivity contribution in [1.82, 2.24) is 4.90 Å².